The van der Waals surface area contributed by atoms with E-state index in [9.17, 15) is 14.7 Å². The van der Waals surface area contributed by atoms with E-state index < -0.39 is 11.4 Å². The lowest BCUT2D eigenvalue weighted by Crippen LogP contribution is -2.55. The minimum atomic E-state index is -0.675. The van der Waals surface area contributed by atoms with Crippen LogP contribution in [0.1, 0.15) is 66.2 Å². The summed E-state index contributed by atoms with van der Waals surface area (Å²) >= 11 is 0. The molecular formula is C22H32O4. The van der Waals surface area contributed by atoms with E-state index in [4.69, 9.17) is 4.74 Å². The molecule has 3 aliphatic carbocycles. The molecule has 26 heavy (non-hydrogen) atoms. The molecule has 0 radical (unpaired) electrons. The number of allylic oxidation sites excluding steroid dienone is 2. The number of carbonyl (C=O) groups excluding carboxylic acids is 1. The summed E-state index contributed by atoms with van der Waals surface area (Å²) in [5, 5.41) is 9.94. The normalized spacial score (nSPS) is 44.9. The molecule has 0 aromatic carbocycles. The smallest absolute Gasteiger partial charge is 0.309 e. The molecule has 6 atom stereocenters. The molecule has 1 N–H and O–H groups in total. The quantitative estimate of drug-likeness (QED) is 0.583. The van der Waals surface area contributed by atoms with Crippen LogP contribution in [0.3, 0.4) is 0 Å². The van der Waals surface area contributed by atoms with Crippen LogP contribution in [0, 0.1) is 28.1 Å². The molecule has 144 valence electrons. The van der Waals surface area contributed by atoms with Gasteiger partial charge in [0.25, 0.3) is 0 Å². The van der Waals surface area contributed by atoms with E-state index >= 15 is 0 Å². The fourth-order valence-electron chi connectivity index (χ4n) is 6.19. The lowest BCUT2D eigenvalue weighted by Gasteiger charge is -2.59. The maximum absolute atomic E-state index is 12.1. The number of carboxylic acid groups (broad SMARTS) is 1. The van der Waals surface area contributed by atoms with E-state index in [2.05, 4.69) is 26.5 Å². The maximum Gasteiger partial charge on any atom is 0.309 e. The zero-order valence-electron chi connectivity index (χ0n) is 16.5. The summed E-state index contributed by atoms with van der Waals surface area (Å²) in [5.74, 6) is -0.528. The summed E-state index contributed by atoms with van der Waals surface area (Å²) in [6.45, 7) is 11.8. The van der Waals surface area contributed by atoms with Gasteiger partial charge in [-0.15, -0.1) is 6.58 Å². The molecule has 0 spiro atoms. The molecule has 0 amide bonds. The number of hydrogen-bond donors (Lipinski definition) is 1. The van der Waals surface area contributed by atoms with Crippen LogP contribution in [-0.2, 0) is 14.3 Å². The molecule has 4 heteroatoms. The average Bonchev–Trinajstić information content (AvgIpc) is 2.55. The molecule has 0 bridgehead atoms. The van der Waals surface area contributed by atoms with Gasteiger partial charge in [0.15, 0.2) is 0 Å². The monoisotopic (exact) mass is 360 g/mol. The molecular weight excluding hydrogens is 328 g/mol. The second-order valence-electron chi connectivity index (χ2n) is 9.42. The predicted molar refractivity (Wildman–Crippen MR) is 100 cm³/mol. The Balaban J connectivity index is 2.01. The molecule has 0 aromatic rings. The molecule has 3 aliphatic rings. The van der Waals surface area contributed by atoms with Gasteiger partial charge in [-0.2, -0.15) is 0 Å². The topological polar surface area (TPSA) is 63.6 Å². The first-order chi connectivity index (χ1) is 12.1. The Morgan fingerprint density at radius 1 is 1.31 bits per heavy atom. The van der Waals surface area contributed by atoms with Crippen LogP contribution >= 0.6 is 0 Å². The van der Waals surface area contributed by atoms with Gasteiger partial charge in [-0.1, -0.05) is 38.0 Å². The molecule has 0 heterocycles. The predicted octanol–water partition coefficient (Wildman–Crippen LogP) is 4.75. The van der Waals surface area contributed by atoms with Crippen molar-refractivity contribution >= 4 is 11.9 Å². The first-order valence-corrected chi connectivity index (χ1v) is 9.80. The average molecular weight is 360 g/mol. The molecule has 0 unspecified atom stereocenters. The second-order valence-corrected chi connectivity index (χ2v) is 9.42. The summed E-state index contributed by atoms with van der Waals surface area (Å²) in [7, 11) is 0. The van der Waals surface area contributed by atoms with Gasteiger partial charge in [0, 0.05) is 12.3 Å². The minimum Gasteiger partial charge on any atom is -0.481 e. The van der Waals surface area contributed by atoms with Gasteiger partial charge >= 0.3 is 11.9 Å². The van der Waals surface area contributed by atoms with Crippen LogP contribution in [-0.4, -0.2) is 23.1 Å². The summed E-state index contributed by atoms with van der Waals surface area (Å²) in [6, 6.07) is 0. The molecule has 3 rings (SSSR count). The Hall–Kier alpha value is -1.58. The second kappa shape index (κ2) is 6.24. The van der Waals surface area contributed by atoms with Crippen molar-refractivity contribution in [3.63, 3.8) is 0 Å². The minimum absolute atomic E-state index is 0.0592. The van der Waals surface area contributed by atoms with Crippen molar-refractivity contribution in [3.8, 4) is 0 Å². The SMILES string of the molecule is C=C[C@]1(C)CC2=CC[C@H]3[C@](C)(CCC[C@@]3(C)C(=O)O)[C@H]2C[C@@H]1OC(C)=O. The molecule has 4 nitrogen and oxygen atoms in total. The Labute approximate surface area is 156 Å². The highest BCUT2D eigenvalue weighted by molar-refractivity contribution is 5.75. The van der Waals surface area contributed by atoms with Gasteiger partial charge in [0.05, 0.1) is 5.41 Å². The summed E-state index contributed by atoms with van der Waals surface area (Å²) in [6.07, 6.45) is 9.17. The molecule has 0 aliphatic heterocycles. The Kier molecular flexibility index (Phi) is 4.61. The third-order valence-corrected chi connectivity index (χ3v) is 7.87. The van der Waals surface area contributed by atoms with Crippen LogP contribution in [0.2, 0.25) is 0 Å². The van der Waals surface area contributed by atoms with Gasteiger partial charge in [-0.3, -0.25) is 9.59 Å². The Morgan fingerprint density at radius 3 is 2.58 bits per heavy atom. The Morgan fingerprint density at radius 2 is 2.00 bits per heavy atom. The van der Waals surface area contributed by atoms with E-state index in [1.54, 1.807) is 0 Å². The fraction of sp³-hybridized carbons (Fsp3) is 0.727. The van der Waals surface area contributed by atoms with E-state index in [1.165, 1.54) is 12.5 Å². The largest absolute Gasteiger partial charge is 0.481 e. The standard InChI is InChI=1S/C22H32O4/c1-6-20(3)13-15-8-9-17-21(4,10-7-11-22(17,5)19(24)25)16(15)12-18(20)26-14(2)23/h6,8,16-18H,1,7,9-13H2,2-5H3,(H,24,25)/t16-,17-,18-,20+,21+,22+/m0/s1. The molecule has 2 fully saturated rings. The zero-order chi connectivity index (χ0) is 19.3. The highest BCUT2D eigenvalue weighted by Crippen LogP contribution is 2.64. The molecule has 0 saturated heterocycles. The van der Waals surface area contributed by atoms with E-state index in [0.717, 1.165) is 38.5 Å². The Bertz CT molecular complexity index is 665. The van der Waals surface area contributed by atoms with Crippen molar-refractivity contribution in [2.75, 3.05) is 0 Å². The zero-order valence-corrected chi connectivity index (χ0v) is 16.5. The van der Waals surface area contributed by atoms with Crippen LogP contribution in [0.25, 0.3) is 0 Å². The first-order valence-electron chi connectivity index (χ1n) is 9.80. The number of ether oxygens (including phenoxy) is 1. The summed E-state index contributed by atoms with van der Waals surface area (Å²) in [5.41, 5.74) is 0.410. The number of carboxylic acids is 1. The third kappa shape index (κ3) is 2.73. The summed E-state index contributed by atoms with van der Waals surface area (Å²) < 4.78 is 5.72. The van der Waals surface area contributed by atoms with Crippen LogP contribution in [0.5, 0.6) is 0 Å². The number of rotatable bonds is 3. The van der Waals surface area contributed by atoms with Crippen LogP contribution < -0.4 is 0 Å². The van der Waals surface area contributed by atoms with Crippen molar-refractivity contribution in [2.24, 2.45) is 28.1 Å². The van der Waals surface area contributed by atoms with E-state index in [1.807, 2.05) is 13.0 Å². The highest BCUT2D eigenvalue weighted by atomic mass is 16.5. The van der Waals surface area contributed by atoms with Crippen molar-refractivity contribution in [1.82, 2.24) is 0 Å². The number of esters is 1. The van der Waals surface area contributed by atoms with Crippen molar-refractivity contribution in [3.05, 3.63) is 24.3 Å². The van der Waals surface area contributed by atoms with Crippen molar-refractivity contribution < 1.29 is 19.4 Å². The number of hydrogen-bond acceptors (Lipinski definition) is 3. The highest BCUT2D eigenvalue weighted by Gasteiger charge is 2.59. The van der Waals surface area contributed by atoms with Crippen molar-refractivity contribution in [2.45, 2.75) is 72.3 Å². The van der Waals surface area contributed by atoms with E-state index in [-0.39, 0.29) is 34.7 Å². The lowest BCUT2D eigenvalue weighted by molar-refractivity contribution is -0.167. The number of fused-ring (bicyclic) bond motifs is 3. The van der Waals surface area contributed by atoms with Gasteiger partial charge in [0.2, 0.25) is 0 Å². The van der Waals surface area contributed by atoms with Gasteiger partial charge in [-0.25, -0.2) is 0 Å². The lowest BCUT2D eigenvalue weighted by atomic mass is 9.45. The maximum atomic E-state index is 12.1. The third-order valence-electron chi connectivity index (χ3n) is 7.87. The van der Waals surface area contributed by atoms with Crippen LogP contribution in [0.4, 0.5) is 0 Å². The summed E-state index contributed by atoms with van der Waals surface area (Å²) in [4.78, 5) is 23.8. The van der Waals surface area contributed by atoms with Gasteiger partial charge < -0.3 is 9.84 Å². The van der Waals surface area contributed by atoms with Gasteiger partial charge in [0.1, 0.15) is 6.10 Å². The van der Waals surface area contributed by atoms with Crippen LogP contribution in [0.15, 0.2) is 24.3 Å². The number of carbonyl (C=O) groups is 2. The first kappa shape index (κ1) is 19.2. The van der Waals surface area contributed by atoms with Crippen molar-refractivity contribution in [1.29, 1.82) is 0 Å². The van der Waals surface area contributed by atoms with E-state index in [0.29, 0.717) is 0 Å². The fourth-order valence-corrected chi connectivity index (χ4v) is 6.19. The van der Waals surface area contributed by atoms with Gasteiger partial charge in [-0.05, 0) is 56.3 Å². The molecule has 0 aromatic heterocycles. The molecule has 2 saturated carbocycles. The number of aliphatic carboxylic acids is 1.